The van der Waals surface area contributed by atoms with Crippen molar-refractivity contribution in [1.82, 2.24) is 4.98 Å². The van der Waals surface area contributed by atoms with Gasteiger partial charge in [0, 0.05) is 5.56 Å². The molecule has 176 valence electrons. The zero-order chi connectivity index (χ0) is 22.4. The van der Waals surface area contributed by atoms with Gasteiger partial charge in [0.15, 0.2) is 0 Å². The molecule has 0 N–H and O–H groups in total. The second-order valence-corrected chi connectivity index (χ2v) is 9.91. The normalized spacial score (nSPS) is 18.6. The molecule has 0 bridgehead atoms. The molecule has 0 amide bonds. The lowest BCUT2D eigenvalue weighted by atomic mass is 9.77. The lowest BCUT2D eigenvalue weighted by Gasteiger charge is -2.28. The molecule has 1 saturated carbocycles. The van der Waals surface area contributed by atoms with Crippen LogP contribution in [0.15, 0.2) is 42.6 Å². The zero-order valence-corrected chi connectivity index (χ0v) is 20.7. The van der Waals surface area contributed by atoms with Crippen LogP contribution >= 0.6 is 0 Å². The summed E-state index contributed by atoms with van der Waals surface area (Å²) in [4.78, 5) is 4.61. The van der Waals surface area contributed by atoms with Crippen molar-refractivity contribution in [2.75, 3.05) is 6.61 Å². The summed E-state index contributed by atoms with van der Waals surface area (Å²) in [6.07, 6.45) is 21.0. The molecule has 1 aromatic carbocycles. The number of hydrogen-bond acceptors (Lipinski definition) is 2. The zero-order valence-electron chi connectivity index (χ0n) is 20.7. The van der Waals surface area contributed by atoms with E-state index in [1.807, 2.05) is 12.3 Å². The van der Waals surface area contributed by atoms with Crippen molar-refractivity contribution < 1.29 is 4.74 Å². The Morgan fingerprint density at radius 2 is 1.44 bits per heavy atom. The maximum Gasteiger partial charge on any atom is 0.137 e. The van der Waals surface area contributed by atoms with E-state index in [0.29, 0.717) is 0 Å². The quantitative estimate of drug-likeness (QED) is 0.276. The van der Waals surface area contributed by atoms with Crippen LogP contribution in [0.25, 0.3) is 11.3 Å². The van der Waals surface area contributed by atoms with Crippen LogP contribution in [-0.2, 0) is 6.42 Å². The van der Waals surface area contributed by atoms with Crippen molar-refractivity contribution in [2.45, 2.75) is 104 Å². The van der Waals surface area contributed by atoms with Crippen LogP contribution in [0.1, 0.15) is 103 Å². The summed E-state index contributed by atoms with van der Waals surface area (Å²) in [6, 6.07) is 13.2. The van der Waals surface area contributed by atoms with E-state index in [9.17, 15) is 0 Å². The first kappa shape index (κ1) is 24.8. The molecule has 0 atom stereocenters. The number of aryl methyl sites for hydroxylation is 1. The summed E-state index contributed by atoms with van der Waals surface area (Å²) in [5, 5.41) is 0. The second kappa shape index (κ2) is 14.3. The summed E-state index contributed by atoms with van der Waals surface area (Å²) < 4.78 is 5.78. The minimum absolute atomic E-state index is 0.782. The minimum Gasteiger partial charge on any atom is -0.492 e. The Labute approximate surface area is 197 Å². The van der Waals surface area contributed by atoms with Crippen molar-refractivity contribution in [3.63, 3.8) is 0 Å². The Kier molecular flexibility index (Phi) is 11.1. The maximum absolute atomic E-state index is 5.78. The number of hydrogen-bond donors (Lipinski definition) is 0. The van der Waals surface area contributed by atoms with E-state index in [1.54, 1.807) is 0 Å². The highest BCUT2D eigenvalue weighted by Crippen LogP contribution is 2.34. The molecule has 1 aromatic heterocycles. The second-order valence-electron chi connectivity index (χ2n) is 9.91. The van der Waals surface area contributed by atoms with Crippen LogP contribution in [0.4, 0.5) is 0 Å². The highest BCUT2D eigenvalue weighted by Gasteiger charge is 2.20. The lowest BCUT2D eigenvalue weighted by Crippen LogP contribution is -2.15. The fraction of sp³-hybridized carbons (Fsp3) is 0.633. The van der Waals surface area contributed by atoms with Gasteiger partial charge >= 0.3 is 0 Å². The predicted octanol–water partition coefficient (Wildman–Crippen LogP) is 9.03. The molecule has 1 aliphatic rings. The van der Waals surface area contributed by atoms with Gasteiger partial charge in [-0.15, -0.1) is 0 Å². The van der Waals surface area contributed by atoms with Crippen molar-refractivity contribution in [3.8, 4) is 17.0 Å². The third-order valence-corrected chi connectivity index (χ3v) is 7.28. The van der Waals surface area contributed by atoms with Gasteiger partial charge in [-0.05, 0) is 48.8 Å². The molecule has 0 aliphatic heterocycles. The number of unbranched alkanes of at least 4 members (excludes halogenated alkanes) is 5. The van der Waals surface area contributed by atoms with Crippen molar-refractivity contribution >= 4 is 0 Å². The molecule has 0 spiro atoms. The van der Waals surface area contributed by atoms with Gasteiger partial charge in [-0.25, -0.2) is 0 Å². The summed E-state index contributed by atoms with van der Waals surface area (Å²) in [5.41, 5.74) is 3.68. The summed E-state index contributed by atoms with van der Waals surface area (Å²) in [6.45, 7) is 5.30. The van der Waals surface area contributed by atoms with E-state index in [0.717, 1.165) is 36.3 Å². The molecule has 1 aliphatic carbocycles. The van der Waals surface area contributed by atoms with Crippen molar-refractivity contribution in [3.05, 3.63) is 48.2 Å². The Hall–Kier alpha value is -1.83. The standard InChI is InChI=1S/C30H45NO/c1-3-5-7-8-10-25-11-13-26(14-12-25)15-16-27-17-19-28(20-18-27)30-22-21-29(24-31-30)32-23-9-6-4-2/h17-22,24-26H,3-16,23H2,1-2H3. The molecule has 0 unspecified atom stereocenters. The molecule has 2 nitrogen and oxygen atoms in total. The topological polar surface area (TPSA) is 22.1 Å². The summed E-state index contributed by atoms with van der Waals surface area (Å²) in [7, 11) is 0. The molecule has 0 saturated heterocycles. The number of pyridine rings is 1. The molecule has 3 rings (SSSR count). The van der Waals surface area contributed by atoms with Crippen LogP contribution in [-0.4, -0.2) is 11.6 Å². The van der Waals surface area contributed by atoms with Gasteiger partial charge in [0.25, 0.3) is 0 Å². The monoisotopic (exact) mass is 435 g/mol. The van der Waals surface area contributed by atoms with Crippen molar-refractivity contribution in [1.29, 1.82) is 0 Å². The molecule has 32 heavy (non-hydrogen) atoms. The molecule has 1 heterocycles. The van der Waals surface area contributed by atoms with Gasteiger partial charge in [0.05, 0.1) is 18.5 Å². The Morgan fingerprint density at radius 1 is 0.750 bits per heavy atom. The average molecular weight is 436 g/mol. The third-order valence-electron chi connectivity index (χ3n) is 7.28. The molecular weight excluding hydrogens is 390 g/mol. The number of ether oxygens (including phenoxy) is 1. The van der Waals surface area contributed by atoms with Gasteiger partial charge in [-0.3, -0.25) is 4.98 Å². The number of rotatable bonds is 14. The minimum atomic E-state index is 0.782. The van der Waals surface area contributed by atoms with Crippen LogP contribution in [0.5, 0.6) is 5.75 Å². The van der Waals surface area contributed by atoms with E-state index < -0.39 is 0 Å². The van der Waals surface area contributed by atoms with Crippen LogP contribution < -0.4 is 4.74 Å². The Balaban J connectivity index is 1.37. The fourth-order valence-electron chi connectivity index (χ4n) is 5.06. The first-order chi connectivity index (χ1) is 15.8. The molecule has 0 radical (unpaired) electrons. The molecular formula is C30H45NO. The summed E-state index contributed by atoms with van der Waals surface area (Å²) >= 11 is 0. The first-order valence-electron chi connectivity index (χ1n) is 13.5. The first-order valence-corrected chi connectivity index (χ1v) is 13.5. The van der Waals surface area contributed by atoms with E-state index in [-0.39, 0.29) is 0 Å². The van der Waals surface area contributed by atoms with Gasteiger partial charge in [-0.1, -0.05) is 109 Å². The van der Waals surface area contributed by atoms with Gasteiger partial charge in [0.1, 0.15) is 5.75 Å². The van der Waals surface area contributed by atoms with E-state index in [2.05, 4.69) is 49.2 Å². The van der Waals surface area contributed by atoms with Crippen LogP contribution in [0.2, 0.25) is 0 Å². The Morgan fingerprint density at radius 3 is 2.09 bits per heavy atom. The van der Waals surface area contributed by atoms with Crippen LogP contribution in [0, 0.1) is 11.8 Å². The third kappa shape index (κ3) is 8.60. The van der Waals surface area contributed by atoms with E-state index in [4.69, 9.17) is 4.74 Å². The molecule has 2 heteroatoms. The van der Waals surface area contributed by atoms with Gasteiger partial charge in [-0.2, -0.15) is 0 Å². The highest BCUT2D eigenvalue weighted by atomic mass is 16.5. The Bertz CT molecular complexity index is 728. The number of benzene rings is 1. The summed E-state index contributed by atoms with van der Waals surface area (Å²) in [5.74, 6) is 2.83. The fourth-order valence-corrected chi connectivity index (χ4v) is 5.06. The molecule has 1 fully saturated rings. The smallest absolute Gasteiger partial charge is 0.137 e. The highest BCUT2D eigenvalue weighted by molar-refractivity contribution is 5.59. The SMILES string of the molecule is CCCCCCC1CCC(CCc2ccc(-c3ccc(OCCCCC)cn3)cc2)CC1. The van der Waals surface area contributed by atoms with Gasteiger partial charge in [0.2, 0.25) is 0 Å². The molecule has 2 aromatic rings. The maximum atomic E-state index is 5.78. The van der Waals surface area contributed by atoms with Crippen LogP contribution in [0.3, 0.4) is 0 Å². The predicted molar refractivity (Wildman–Crippen MR) is 137 cm³/mol. The largest absolute Gasteiger partial charge is 0.492 e. The van der Waals surface area contributed by atoms with Gasteiger partial charge < -0.3 is 4.74 Å². The number of nitrogens with zero attached hydrogens (tertiary/aromatic N) is 1. The number of aromatic nitrogens is 1. The average Bonchev–Trinajstić information content (AvgIpc) is 2.85. The lowest BCUT2D eigenvalue weighted by molar-refractivity contribution is 0.249. The van der Waals surface area contributed by atoms with Crippen molar-refractivity contribution in [2.24, 2.45) is 11.8 Å². The van der Waals surface area contributed by atoms with E-state index in [1.165, 1.54) is 94.6 Å². The van der Waals surface area contributed by atoms with E-state index >= 15 is 0 Å².